The third-order valence-corrected chi connectivity index (χ3v) is 5.16. The summed E-state index contributed by atoms with van der Waals surface area (Å²) >= 11 is 7.26. The van der Waals surface area contributed by atoms with Crippen molar-refractivity contribution < 1.29 is 18.3 Å². The number of benzene rings is 1. The number of halogens is 1. The smallest absolute Gasteiger partial charge is 0.321 e. The molecule has 114 valence electrons. The second-order valence-electron chi connectivity index (χ2n) is 4.05. The summed E-state index contributed by atoms with van der Waals surface area (Å²) in [6.45, 7) is 0. The number of rotatable bonds is 7. The van der Waals surface area contributed by atoms with Crippen molar-refractivity contribution in [2.45, 2.75) is 17.4 Å². The first-order chi connectivity index (χ1) is 9.81. The van der Waals surface area contributed by atoms with E-state index in [0.29, 0.717) is 5.75 Å². The third-order valence-electron chi connectivity index (χ3n) is 2.56. The average Bonchev–Trinajstić information content (AvgIpc) is 2.42. The summed E-state index contributed by atoms with van der Waals surface area (Å²) in [5.41, 5.74) is 0.219. The molecule has 0 aliphatic heterocycles. The number of nitrogens with zero attached hydrogens (tertiary/aromatic N) is 1. The quantitative estimate of drug-likeness (QED) is 0.776. The van der Waals surface area contributed by atoms with Gasteiger partial charge in [0, 0.05) is 0 Å². The van der Waals surface area contributed by atoms with Gasteiger partial charge in [-0.15, -0.1) is 0 Å². The highest BCUT2D eigenvalue weighted by Gasteiger charge is 2.26. The van der Waals surface area contributed by atoms with Gasteiger partial charge in [-0.25, -0.2) is 8.42 Å². The molecule has 0 aliphatic rings. The van der Waals surface area contributed by atoms with Crippen LogP contribution < -0.4 is 4.72 Å². The highest BCUT2D eigenvalue weighted by molar-refractivity contribution is 7.98. The van der Waals surface area contributed by atoms with Gasteiger partial charge in [-0.1, -0.05) is 11.6 Å². The first-order valence-corrected chi connectivity index (χ1v) is 9.01. The molecule has 1 atom stereocenters. The predicted molar refractivity (Wildman–Crippen MR) is 80.9 cm³/mol. The summed E-state index contributed by atoms with van der Waals surface area (Å²) in [6, 6.07) is 4.31. The van der Waals surface area contributed by atoms with Gasteiger partial charge in [0.2, 0.25) is 10.0 Å². The number of nitrogens with one attached hydrogen (secondary N) is 1. The predicted octanol–water partition coefficient (Wildman–Crippen LogP) is 1.70. The van der Waals surface area contributed by atoms with Crippen molar-refractivity contribution in [1.82, 2.24) is 4.72 Å². The lowest BCUT2D eigenvalue weighted by molar-refractivity contribution is -0.139. The third kappa shape index (κ3) is 4.89. The molecule has 1 aromatic rings. The van der Waals surface area contributed by atoms with E-state index in [4.69, 9.17) is 22.0 Å². The minimum atomic E-state index is -4.07. The van der Waals surface area contributed by atoms with Gasteiger partial charge in [-0.2, -0.15) is 21.7 Å². The number of nitriles is 1. The summed E-state index contributed by atoms with van der Waals surface area (Å²) in [6.07, 6.45) is 1.95. The van der Waals surface area contributed by atoms with Crippen molar-refractivity contribution in [1.29, 1.82) is 5.26 Å². The van der Waals surface area contributed by atoms with Crippen LogP contribution in [-0.4, -0.2) is 37.5 Å². The molecular weight excluding hydrogens is 336 g/mol. The Hall–Kier alpha value is -1.27. The van der Waals surface area contributed by atoms with Crippen molar-refractivity contribution in [3.05, 3.63) is 28.8 Å². The van der Waals surface area contributed by atoms with Crippen LogP contribution in [0.2, 0.25) is 5.02 Å². The molecule has 1 rings (SSSR count). The first-order valence-electron chi connectivity index (χ1n) is 5.75. The molecular formula is C12H13ClN2O4S2. The zero-order valence-corrected chi connectivity index (χ0v) is 13.4. The Balaban J connectivity index is 3.05. The van der Waals surface area contributed by atoms with Crippen LogP contribution in [-0.2, 0) is 14.8 Å². The minimum absolute atomic E-state index is 0.129. The molecule has 1 aromatic carbocycles. The maximum atomic E-state index is 12.2. The highest BCUT2D eigenvalue weighted by Crippen LogP contribution is 2.23. The molecule has 0 saturated carbocycles. The Bertz CT molecular complexity index is 670. The van der Waals surface area contributed by atoms with E-state index in [1.807, 2.05) is 6.07 Å². The number of carboxylic acids is 1. The summed E-state index contributed by atoms with van der Waals surface area (Å²) in [5.74, 6) is -0.752. The standard InChI is InChI=1S/C12H13ClN2O4S2/c1-20-5-4-10(12(16)17)15-21(18,19)11-3-2-8(7-14)6-9(11)13/h2-3,6,10,15H,4-5H2,1H3,(H,16,17)/t10-/m0/s1. The van der Waals surface area contributed by atoms with Gasteiger partial charge in [-0.3, -0.25) is 4.79 Å². The summed E-state index contributed by atoms with van der Waals surface area (Å²) < 4.78 is 26.5. The van der Waals surface area contributed by atoms with Crippen LogP contribution in [0.5, 0.6) is 0 Å². The second-order valence-corrected chi connectivity index (χ2v) is 7.13. The Morgan fingerprint density at radius 1 is 1.57 bits per heavy atom. The largest absolute Gasteiger partial charge is 0.480 e. The zero-order chi connectivity index (χ0) is 16.0. The van der Waals surface area contributed by atoms with Gasteiger partial charge in [0.1, 0.15) is 10.9 Å². The number of aliphatic carboxylic acids is 1. The number of hydrogen-bond donors (Lipinski definition) is 2. The van der Waals surface area contributed by atoms with Crippen LogP contribution in [0, 0.1) is 11.3 Å². The van der Waals surface area contributed by atoms with Crippen LogP contribution >= 0.6 is 23.4 Å². The number of thioether (sulfide) groups is 1. The average molecular weight is 349 g/mol. The molecule has 0 aromatic heterocycles. The molecule has 0 heterocycles. The molecule has 6 nitrogen and oxygen atoms in total. The molecule has 0 saturated heterocycles. The number of hydrogen-bond acceptors (Lipinski definition) is 5. The van der Waals surface area contributed by atoms with Crippen LogP contribution in [0.3, 0.4) is 0 Å². The molecule has 0 bridgehead atoms. The van der Waals surface area contributed by atoms with Crippen molar-refractivity contribution >= 4 is 39.4 Å². The van der Waals surface area contributed by atoms with Crippen LogP contribution in [0.1, 0.15) is 12.0 Å². The van der Waals surface area contributed by atoms with Crippen LogP contribution in [0.4, 0.5) is 0 Å². The first kappa shape index (κ1) is 17.8. The Morgan fingerprint density at radius 2 is 2.24 bits per heavy atom. The van der Waals surface area contributed by atoms with Crippen LogP contribution in [0.25, 0.3) is 0 Å². The lowest BCUT2D eigenvalue weighted by Gasteiger charge is -2.15. The normalized spacial score (nSPS) is 12.6. The lowest BCUT2D eigenvalue weighted by Crippen LogP contribution is -2.41. The van der Waals surface area contributed by atoms with Gasteiger partial charge < -0.3 is 5.11 Å². The van der Waals surface area contributed by atoms with Crippen molar-refractivity contribution in [2.75, 3.05) is 12.0 Å². The second kappa shape index (κ2) is 7.66. The molecule has 0 fully saturated rings. The van der Waals surface area contributed by atoms with Gasteiger partial charge in [-0.05, 0) is 36.6 Å². The SMILES string of the molecule is CSCC[C@H](NS(=O)(=O)c1ccc(C#N)cc1Cl)C(=O)O. The monoisotopic (exact) mass is 348 g/mol. The topological polar surface area (TPSA) is 107 Å². The molecule has 0 radical (unpaired) electrons. The molecule has 0 spiro atoms. The van der Waals surface area contributed by atoms with Gasteiger partial charge in [0.15, 0.2) is 0 Å². The van der Waals surface area contributed by atoms with Crippen molar-refractivity contribution in [3.8, 4) is 6.07 Å². The van der Waals surface area contributed by atoms with Gasteiger partial charge in [0.25, 0.3) is 0 Å². The van der Waals surface area contributed by atoms with E-state index >= 15 is 0 Å². The molecule has 0 unspecified atom stereocenters. The summed E-state index contributed by atoms with van der Waals surface area (Å²) in [4.78, 5) is 10.8. The fraction of sp³-hybridized carbons (Fsp3) is 0.333. The molecule has 21 heavy (non-hydrogen) atoms. The van der Waals surface area contributed by atoms with E-state index in [-0.39, 0.29) is 21.9 Å². The van der Waals surface area contributed by atoms with E-state index in [2.05, 4.69) is 4.72 Å². The maximum Gasteiger partial charge on any atom is 0.321 e. The fourth-order valence-corrected chi connectivity index (χ4v) is 3.75. The lowest BCUT2D eigenvalue weighted by atomic mass is 10.2. The molecule has 9 heteroatoms. The van der Waals surface area contributed by atoms with E-state index in [0.717, 1.165) is 0 Å². The Labute approximate surface area is 132 Å². The van der Waals surface area contributed by atoms with Gasteiger partial charge >= 0.3 is 5.97 Å². The maximum absolute atomic E-state index is 12.2. The Kier molecular flexibility index (Phi) is 6.48. The summed E-state index contributed by atoms with van der Waals surface area (Å²) in [5, 5.41) is 17.6. The van der Waals surface area contributed by atoms with E-state index < -0.39 is 22.0 Å². The highest BCUT2D eigenvalue weighted by atomic mass is 35.5. The molecule has 0 amide bonds. The number of carboxylic acid groups (broad SMARTS) is 1. The van der Waals surface area contributed by atoms with Gasteiger partial charge in [0.05, 0.1) is 16.7 Å². The van der Waals surface area contributed by atoms with Crippen molar-refractivity contribution in [2.24, 2.45) is 0 Å². The van der Waals surface area contributed by atoms with Crippen LogP contribution in [0.15, 0.2) is 23.1 Å². The molecule has 2 N–H and O–H groups in total. The van der Waals surface area contributed by atoms with E-state index in [1.54, 1.807) is 6.26 Å². The summed E-state index contributed by atoms with van der Waals surface area (Å²) in [7, 11) is -4.07. The molecule has 0 aliphatic carbocycles. The fourth-order valence-electron chi connectivity index (χ4n) is 1.51. The Morgan fingerprint density at radius 3 is 2.71 bits per heavy atom. The van der Waals surface area contributed by atoms with Crippen molar-refractivity contribution in [3.63, 3.8) is 0 Å². The zero-order valence-electron chi connectivity index (χ0n) is 11.0. The number of carbonyl (C=O) groups is 1. The number of sulfonamides is 1. The van der Waals surface area contributed by atoms with E-state index in [1.165, 1.54) is 30.0 Å². The van der Waals surface area contributed by atoms with E-state index in [9.17, 15) is 13.2 Å². The minimum Gasteiger partial charge on any atom is -0.480 e.